The number of rotatable bonds is 5. The van der Waals surface area contributed by atoms with E-state index in [1.54, 1.807) is 8.61 Å². The molecule has 118 valence electrons. The molecule has 2 aliphatic heterocycles. The minimum atomic E-state index is -3.29. The van der Waals surface area contributed by atoms with E-state index >= 15 is 0 Å². The third-order valence-electron chi connectivity index (χ3n) is 4.47. The maximum absolute atomic E-state index is 12.9. The maximum atomic E-state index is 12.9. The predicted molar refractivity (Wildman–Crippen MR) is 81.8 cm³/mol. The van der Waals surface area contributed by atoms with Gasteiger partial charge in [-0.3, -0.25) is 0 Å². The molecule has 0 spiro atoms. The van der Waals surface area contributed by atoms with Crippen LogP contribution >= 0.6 is 0 Å². The largest absolute Gasteiger partial charge is 0.315 e. The molecule has 1 unspecified atom stereocenters. The van der Waals surface area contributed by atoms with Crippen LogP contribution < -0.4 is 5.32 Å². The molecule has 0 aliphatic carbocycles. The summed E-state index contributed by atoms with van der Waals surface area (Å²) < 4.78 is 29.2. The van der Waals surface area contributed by atoms with Crippen LogP contribution in [0.25, 0.3) is 0 Å². The minimum Gasteiger partial charge on any atom is -0.315 e. The molecule has 0 radical (unpaired) electrons. The second-order valence-corrected chi connectivity index (χ2v) is 8.70. The maximum Gasteiger partial charge on any atom is 0.282 e. The lowest BCUT2D eigenvalue weighted by atomic mass is 9.93. The number of likely N-dealkylation sites (N-methyl/N-ethyl adjacent to an activating group) is 1. The summed E-state index contributed by atoms with van der Waals surface area (Å²) in [5, 5.41) is 3.30. The van der Waals surface area contributed by atoms with Crippen LogP contribution in [0.3, 0.4) is 0 Å². The summed E-state index contributed by atoms with van der Waals surface area (Å²) in [5.41, 5.74) is 0.111. The van der Waals surface area contributed by atoms with E-state index in [-0.39, 0.29) is 11.5 Å². The molecule has 0 bridgehead atoms. The fraction of sp³-hybridized carbons (Fsp3) is 1.00. The number of piperidine rings is 1. The van der Waals surface area contributed by atoms with E-state index in [9.17, 15) is 8.42 Å². The molecule has 0 aromatic carbocycles. The van der Waals surface area contributed by atoms with Crippen molar-refractivity contribution in [1.82, 2.24) is 13.9 Å². The Morgan fingerprint density at radius 1 is 1.25 bits per heavy atom. The van der Waals surface area contributed by atoms with Crippen LogP contribution in [-0.4, -0.2) is 55.8 Å². The average Bonchev–Trinajstić information content (AvgIpc) is 2.78. The van der Waals surface area contributed by atoms with Crippen molar-refractivity contribution in [3.05, 3.63) is 0 Å². The van der Waals surface area contributed by atoms with Crippen LogP contribution in [0.1, 0.15) is 46.5 Å². The smallest absolute Gasteiger partial charge is 0.282 e. The van der Waals surface area contributed by atoms with Gasteiger partial charge in [-0.2, -0.15) is 17.0 Å². The summed E-state index contributed by atoms with van der Waals surface area (Å²) in [6, 6.07) is 0.123. The normalized spacial score (nSPS) is 28.9. The SMILES string of the molecule is CCNCC1CCCCN1S(=O)(=O)N1CCC(C)(C)C1. The topological polar surface area (TPSA) is 52.7 Å². The number of nitrogens with one attached hydrogen (secondary N) is 1. The standard InChI is InChI=1S/C14H29N3O2S/c1-4-15-11-13-7-5-6-9-17(13)20(18,19)16-10-8-14(2,3)12-16/h13,15H,4-12H2,1-3H3. The zero-order valence-corrected chi connectivity index (χ0v) is 13.9. The van der Waals surface area contributed by atoms with Gasteiger partial charge in [0, 0.05) is 32.2 Å². The Bertz CT molecular complexity index is 422. The summed E-state index contributed by atoms with van der Waals surface area (Å²) in [7, 11) is -3.29. The Morgan fingerprint density at radius 3 is 2.60 bits per heavy atom. The summed E-state index contributed by atoms with van der Waals surface area (Å²) in [5.74, 6) is 0. The van der Waals surface area contributed by atoms with Crippen LogP contribution in [0.15, 0.2) is 0 Å². The van der Waals surface area contributed by atoms with Crippen LogP contribution in [-0.2, 0) is 10.2 Å². The van der Waals surface area contributed by atoms with Gasteiger partial charge in [0.15, 0.2) is 0 Å². The van der Waals surface area contributed by atoms with Gasteiger partial charge in [-0.15, -0.1) is 0 Å². The predicted octanol–water partition coefficient (Wildman–Crippen LogP) is 1.43. The zero-order chi connectivity index (χ0) is 14.8. The fourth-order valence-electron chi connectivity index (χ4n) is 3.20. The molecule has 6 heteroatoms. The molecule has 2 rings (SSSR count). The first-order chi connectivity index (χ1) is 9.37. The van der Waals surface area contributed by atoms with Gasteiger partial charge in [0.1, 0.15) is 0 Å². The van der Waals surface area contributed by atoms with E-state index in [0.29, 0.717) is 19.6 Å². The molecule has 0 amide bonds. The minimum absolute atomic E-state index is 0.111. The van der Waals surface area contributed by atoms with E-state index in [4.69, 9.17) is 0 Å². The Morgan fingerprint density at radius 2 is 2.00 bits per heavy atom. The molecular formula is C14H29N3O2S. The quantitative estimate of drug-likeness (QED) is 0.836. The van der Waals surface area contributed by atoms with Crippen molar-refractivity contribution >= 4 is 10.2 Å². The lowest BCUT2D eigenvalue weighted by Gasteiger charge is -2.37. The molecule has 2 heterocycles. The van der Waals surface area contributed by atoms with Crippen molar-refractivity contribution < 1.29 is 8.42 Å². The lowest BCUT2D eigenvalue weighted by Crippen LogP contribution is -2.53. The van der Waals surface area contributed by atoms with Gasteiger partial charge in [-0.25, -0.2) is 0 Å². The first kappa shape index (κ1) is 16.2. The third kappa shape index (κ3) is 3.53. The zero-order valence-electron chi connectivity index (χ0n) is 13.1. The fourth-order valence-corrected chi connectivity index (χ4v) is 5.25. The van der Waals surface area contributed by atoms with E-state index in [2.05, 4.69) is 26.1 Å². The number of hydrogen-bond donors (Lipinski definition) is 1. The van der Waals surface area contributed by atoms with Crippen LogP contribution in [0.5, 0.6) is 0 Å². The Kier molecular flexibility index (Phi) is 5.10. The molecule has 20 heavy (non-hydrogen) atoms. The van der Waals surface area contributed by atoms with Gasteiger partial charge in [-0.1, -0.05) is 27.2 Å². The number of hydrogen-bond acceptors (Lipinski definition) is 3. The molecule has 2 aliphatic rings. The first-order valence-electron chi connectivity index (χ1n) is 7.84. The molecule has 2 saturated heterocycles. The summed E-state index contributed by atoms with van der Waals surface area (Å²) >= 11 is 0. The lowest BCUT2D eigenvalue weighted by molar-refractivity contribution is 0.228. The Labute approximate surface area is 123 Å². The first-order valence-corrected chi connectivity index (χ1v) is 9.24. The van der Waals surface area contributed by atoms with Crippen molar-refractivity contribution in [2.45, 2.75) is 52.5 Å². The summed E-state index contributed by atoms with van der Waals surface area (Å²) in [6.45, 7) is 10.0. The second kappa shape index (κ2) is 6.30. The Balaban J connectivity index is 2.10. The highest BCUT2D eigenvalue weighted by Gasteiger charge is 2.41. The molecule has 1 atom stereocenters. The van der Waals surface area contributed by atoms with E-state index in [1.807, 2.05) is 0 Å². The highest BCUT2D eigenvalue weighted by molar-refractivity contribution is 7.86. The highest BCUT2D eigenvalue weighted by atomic mass is 32.2. The van der Waals surface area contributed by atoms with Crippen LogP contribution in [0, 0.1) is 5.41 Å². The molecule has 1 N–H and O–H groups in total. The second-order valence-electron chi connectivity index (χ2n) is 6.82. The van der Waals surface area contributed by atoms with Gasteiger partial charge < -0.3 is 5.32 Å². The molecular weight excluding hydrogens is 274 g/mol. The molecule has 5 nitrogen and oxygen atoms in total. The molecule has 2 fully saturated rings. The van der Waals surface area contributed by atoms with E-state index in [0.717, 1.165) is 38.8 Å². The van der Waals surface area contributed by atoms with Crippen molar-refractivity contribution in [2.24, 2.45) is 5.41 Å². The van der Waals surface area contributed by atoms with Gasteiger partial charge in [0.2, 0.25) is 0 Å². The van der Waals surface area contributed by atoms with E-state index < -0.39 is 10.2 Å². The van der Waals surface area contributed by atoms with E-state index in [1.165, 1.54) is 0 Å². The Hall–Kier alpha value is -0.170. The third-order valence-corrected chi connectivity index (χ3v) is 6.51. The van der Waals surface area contributed by atoms with Crippen LogP contribution in [0.4, 0.5) is 0 Å². The van der Waals surface area contributed by atoms with Gasteiger partial charge in [0.05, 0.1) is 0 Å². The van der Waals surface area contributed by atoms with Crippen molar-refractivity contribution in [3.8, 4) is 0 Å². The van der Waals surface area contributed by atoms with Crippen molar-refractivity contribution in [3.63, 3.8) is 0 Å². The molecule has 0 aromatic heterocycles. The summed E-state index contributed by atoms with van der Waals surface area (Å²) in [4.78, 5) is 0. The number of nitrogens with zero attached hydrogens (tertiary/aromatic N) is 2. The molecule has 0 aromatic rings. The average molecular weight is 303 g/mol. The van der Waals surface area contributed by atoms with Crippen molar-refractivity contribution in [1.29, 1.82) is 0 Å². The molecule has 0 saturated carbocycles. The van der Waals surface area contributed by atoms with Gasteiger partial charge in [-0.05, 0) is 31.2 Å². The van der Waals surface area contributed by atoms with Crippen molar-refractivity contribution in [2.75, 3.05) is 32.7 Å². The summed E-state index contributed by atoms with van der Waals surface area (Å²) in [6.07, 6.45) is 4.05. The van der Waals surface area contributed by atoms with Gasteiger partial charge >= 0.3 is 0 Å². The monoisotopic (exact) mass is 303 g/mol. The van der Waals surface area contributed by atoms with Gasteiger partial charge in [0.25, 0.3) is 10.2 Å². The highest BCUT2D eigenvalue weighted by Crippen LogP contribution is 2.33. The van der Waals surface area contributed by atoms with Crippen LogP contribution in [0.2, 0.25) is 0 Å².